The van der Waals surface area contributed by atoms with Crippen LogP contribution >= 0.6 is 0 Å². The van der Waals surface area contributed by atoms with Crippen molar-refractivity contribution in [2.45, 2.75) is 110 Å². The summed E-state index contributed by atoms with van der Waals surface area (Å²) in [6.45, 7) is 9.80. The van der Waals surface area contributed by atoms with Gasteiger partial charge in [0, 0.05) is 43.6 Å². The van der Waals surface area contributed by atoms with Crippen molar-refractivity contribution in [2.75, 3.05) is 6.61 Å². The maximum atomic E-state index is 13.3. The Balaban J connectivity index is 1.82. The Labute approximate surface area is 292 Å². The third kappa shape index (κ3) is 11.2. The molecule has 1 N–H and O–H groups in total. The minimum atomic E-state index is -1.59. The highest BCUT2D eigenvalue weighted by Crippen LogP contribution is 2.31. The SMILES string of the molecule is CCC(=O)OC[C@H]1O[C@@H](ONC(=O)c2ccc(CC(=O)[C@H](c3ccccc3)C(C)C)cc2)[C@H](OC(=O)CC)[C@@H](OC(=O)CC)[C@H]1OC(=O)CC. The standard InChI is InChI=1S/C37H47NO12/c1-7-28(40)45-21-27-33(47-29(41)8-2)34(48-30(42)9-3)35(49-31(43)10-4)37(46-27)50-38-36(44)25-18-16-23(17-19-25)20-26(39)32(22(5)6)24-14-12-11-13-15-24/h11-19,22,27,32-35,37H,7-10,20-21H2,1-6H3,(H,38,44)/t27-,32+,33+,34+,35-,37+/m1/s1. The number of Topliss-reactive ketones (excluding diaryl/α,β-unsaturated/α-hetero) is 1. The van der Waals surface area contributed by atoms with Crippen LogP contribution < -0.4 is 5.48 Å². The molecular weight excluding hydrogens is 650 g/mol. The molecule has 6 atom stereocenters. The first-order chi connectivity index (χ1) is 23.9. The van der Waals surface area contributed by atoms with Gasteiger partial charge >= 0.3 is 23.9 Å². The number of hydroxylamine groups is 1. The number of ether oxygens (including phenoxy) is 5. The van der Waals surface area contributed by atoms with Crippen LogP contribution in [0.4, 0.5) is 0 Å². The van der Waals surface area contributed by atoms with E-state index in [1.807, 2.05) is 44.2 Å². The Kier molecular flexibility index (Phi) is 15.6. The summed E-state index contributed by atoms with van der Waals surface area (Å²) < 4.78 is 28.0. The Morgan fingerprint density at radius 1 is 0.700 bits per heavy atom. The lowest BCUT2D eigenvalue weighted by Crippen LogP contribution is -2.63. The van der Waals surface area contributed by atoms with Gasteiger partial charge in [-0.1, -0.05) is 84.0 Å². The second-order valence-corrected chi connectivity index (χ2v) is 12.0. The van der Waals surface area contributed by atoms with E-state index in [-0.39, 0.29) is 55.3 Å². The minimum Gasteiger partial charge on any atom is -0.463 e. The molecule has 1 heterocycles. The van der Waals surface area contributed by atoms with Gasteiger partial charge in [0.25, 0.3) is 5.91 Å². The molecule has 272 valence electrons. The van der Waals surface area contributed by atoms with Crippen LogP contribution in [0.2, 0.25) is 0 Å². The largest absolute Gasteiger partial charge is 0.463 e. The Morgan fingerprint density at radius 3 is 1.78 bits per heavy atom. The van der Waals surface area contributed by atoms with Gasteiger partial charge < -0.3 is 23.7 Å². The van der Waals surface area contributed by atoms with Crippen LogP contribution in [0.15, 0.2) is 54.6 Å². The smallest absolute Gasteiger partial charge is 0.306 e. The lowest BCUT2D eigenvalue weighted by Gasteiger charge is -2.43. The summed E-state index contributed by atoms with van der Waals surface area (Å²) >= 11 is 0. The van der Waals surface area contributed by atoms with Gasteiger partial charge in [0.1, 0.15) is 18.5 Å². The molecule has 1 saturated heterocycles. The lowest BCUT2D eigenvalue weighted by atomic mass is 9.83. The Bertz CT molecular complexity index is 1460. The molecule has 0 aromatic heterocycles. The average Bonchev–Trinajstić information content (AvgIpc) is 3.11. The first-order valence-electron chi connectivity index (χ1n) is 16.9. The molecule has 0 spiro atoms. The van der Waals surface area contributed by atoms with Gasteiger partial charge in [-0.15, -0.1) is 0 Å². The predicted molar refractivity (Wildman–Crippen MR) is 178 cm³/mol. The van der Waals surface area contributed by atoms with Crippen molar-refractivity contribution >= 4 is 35.6 Å². The summed E-state index contributed by atoms with van der Waals surface area (Å²) in [5.41, 5.74) is 4.12. The fourth-order valence-electron chi connectivity index (χ4n) is 5.35. The monoisotopic (exact) mass is 697 g/mol. The quantitative estimate of drug-likeness (QED) is 0.139. The molecule has 0 radical (unpaired) electrons. The van der Waals surface area contributed by atoms with E-state index in [9.17, 15) is 28.8 Å². The molecule has 0 bridgehead atoms. The molecule has 0 saturated carbocycles. The molecule has 2 aromatic carbocycles. The number of hydrogen-bond donors (Lipinski definition) is 1. The number of esters is 4. The van der Waals surface area contributed by atoms with Crippen molar-refractivity contribution in [3.8, 4) is 0 Å². The first-order valence-corrected chi connectivity index (χ1v) is 16.9. The van der Waals surface area contributed by atoms with E-state index in [1.165, 1.54) is 12.1 Å². The number of rotatable bonds is 17. The number of carbonyl (C=O) groups is 6. The first kappa shape index (κ1) is 39.8. The molecule has 1 fully saturated rings. The van der Waals surface area contributed by atoms with E-state index in [0.29, 0.717) is 5.56 Å². The van der Waals surface area contributed by atoms with Gasteiger partial charge in [-0.2, -0.15) is 0 Å². The van der Waals surface area contributed by atoms with E-state index in [2.05, 4.69) is 5.48 Å². The fraction of sp³-hybridized carbons (Fsp3) is 0.514. The molecule has 0 aliphatic carbocycles. The van der Waals surface area contributed by atoms with Crippen LogP contribution in [-0.4, -0.2) is 72.9 Å². The van der Waals surface area contributed by atoms with Crippen molar-refractivity contribution in [3.63, 3.8) is 0 Å². The topological polar surface area (TPSA) is 170 Å². The van der Waals surface area contributed by atoms with Gasteiger partial charge in [-0.25, -0.2) is 10.3 Å². The van der Waals surface area contributed by atoms with E-state index in [4.69, 9.17) is 28.5 Å². The fourth-order valence-corrected chi connectivity index (χ4v) is 5.35. The summed E-state index contributed by atoms with van der Waals surface area (Å²) in [6.07, 6.45) is -7.10. The molecule has 1 aliphatic rings. The maximum absolute atomic E-state index is 13.3. The second kappa shape index (κ2) is 19.5. The lowest BCUT2D eigenvalue weighted by molar-refractivity contribution is -0.317. The summed E-state index contributed by atoms with van der Waals surface area (Å²) in [4.78, 5) is 81.6. The molecule has 1 amide bonds. The van der Waals surface area contributed by atoms with Crippen LogP contribution in [-0.2, 0) is 58.9 Å². The van der Waals surface area contributed by atoms with E-state index in [0.717, 1.165) is 5.56 Å². The Hall–Kier alpha value is -4.62. The van der Waals surface area contributed by atoms with E-state index < -0.39 is 67.1 Å². The predicted octanol–water partition coefficient (Wildman–Crippen LogP) is 4.54. The molecule has 13 heteroatoms. The number of carbonyl (C=O) groups excluding carboxylic acids is 6. The van der Waals surface area contributed by atoms with Crippen LogP contribution in [0.25, 0.3) is 0 Å². The highest BCUT2D eigenvalue weighted by Gasteiger charge is 2.53. The Morgan fingerprint density at radius 2 is 1.24 bits per heavy atom. The van der Waals surface area contributed by atoms with E-state index in [1.54, 1.807) is 39.8 Å². The maximum Gasteiger partial charge on any atom is 0.306 e. The van der Waals surface area contributed by atoms with Crippen molar-refractivity contribution in [1.29, 1.82) is 0 Å². The number of nitrogens with one attached hydrogen (secondary N) is 1. The molecule has 0 unspecified atom stereocenters. The zero-order valence-corrected chi connectivity index (χ0v) is 29.4. The number of amides is 1. The summed E-state index contributed by atoms with van der Waals surface area (Å²) in [5.74, 6) is -3.52. The highest BCUT2D eigenvalue weighted by molar-refractivity contribution is 5.94. The van der Waals surface area contributed by atoms with Crippen LogP contribution in [0.5, 0.6) is 0 Å². The van der Waals surface area contributed by atoms with Crippen LogP contribution in [0, 0.1) is 5.92 Å². The normalized spacial score (nSPS) is 20.7. The molecular formula is C37H47NO12. The zero-order chi connectivity index (χ0) is 36.8. The van der Waals surface area contributed by atoms with Gasteiger partial charge in [-0.05, 0) is 29.2 Å². The van der Waals surface area contributed by atoms with Gasteiger partial charge in [0.05, 0.1) is 0 Å². The van der Waals surface area contributed by atoms with Crippen molar-refractivity contribution in [2.24, 2.45) is 5.92 Å². The van der Waals surface area contributed by atoms with Gasteiger partial charge in [0.2, 0.25) is 6.29 Å². The van der Waals surface area contributed by atoms with Gasteiger partial charge in [-0.3, -0.25) is 28.8 Å². The van der Waals surface area contributed by atoms with Crippen molar-refractivity contribution in [3.05, 3.63) is 71.3 Å². The van der Waals surface area contributed by atoms with Crippen LogP contribution in [0.1, 0.15) is 94.6 Å². The number of hydrogen-bond acceptors (Lipinski definition) is 12. The molecule has 50 heavy (non-hydrogen) atoms. The average molecular weight is 698 g/mol. The summed E-state index contributed by atoms with van der Waals surface area (Å²) in [6, 6.07) is 16.0. The van der Waals surface area contributed by atoms with Crippen molar-refractivity contribution < 1.29 is 57.3 Å². The van der Waals surface area contributed by atoms with Gasteiger partial charge in [0.15, 0.2) is 18.3 Å². The summed E-state index contributed by atoms with van der Waals surface area (Å²) in [5, 5.41) is 0. The highest BCUT2D eigenvalue weighted by atomic mass is 16.8. The zero-order valence-electron chi connectivity index (χ0n) is 29.4. The second-order valence-electron chi connectivity index (χ2n) is 12.0. The number of benzene rings is 2. The number of ketones is 1. The molecule has 2 aromatic rings. The van der Waals surface area contributed by atoms with Crippen molar-refractivity contribution in [1.82, 2.24) is 5.48 Å². The third-order valence-electron chi connectivity index (χ3n) is 7.99. The summed E-state index contributed by atoms with van der Waals surface area (Å²) in [7, 11) is 0. The molecule has 1 aliphatic heterocycles. The van der Waals surface area contributed by atoms with E-state index >= 15 is 0 Å². The third-order valence-corrected chi connectivity index (χ3v) is 7.99. The molecule has 13 nitrogen and oxygen atoms in total. The minimum absolute atomic E-state index is 0.0416. The molecule has 3 rings (SSSR count). The van der Waals surface area contributed by atoms with Crippen LogP contribution in [0.3, 0.4) is 0 Å².